The van der Waals surface area contributed by atoms with Crippen LogP contribution in [0.5, 0.6) is 11.5 Å². The van der Waals surface area contributed by atoms with E-state index < -0.39 is 6.10 Å². The Morgan fingerprint density at radius 2 is 1.89 bits per heavy atom. The van der Waals surface area contributed by atoms with Gasteiger partial charge in [-0.25, -0.2) is 4.39 Å². The molecular formula is C22H29FN2O3. The number of aliphatic hydroxyl groups is 1. The van der Waals surface area contributed by atoms with Crippen molar-refractivity contribution in [1.29, 1.82) is 0 Å². The van der Waals surface area contributed by atoms with E-state index in [1.165, 1.54) is 18.9 Å². The van der Waals surface area contributed by atoms with E-state index in [1.54, 1.807) is 19.2 Å². The minimum absolute atomic E-state index is 0.205. The molecule has 0 bridgehead atoms. The summed E-state index contributed by atoms with van der Waals surface area (Å²) in [4.78, 5) is 2.26. The summed E-state index contributed by atoms with van der Waals surface area (Å²) in [6.45, 7) is 4.01. The van der Waals surface area contributed by atoms with Crippen molar-refractivity contribution in [2.24, 2.45) is 0 Å². The normalized spacial score (nSPS) is 15.5. The predicted molar refractivity (Wildman–Crippen MR) is 107 cm³/mol. The third-order valence-electron chi connectivity index (χ3n) is 4.93. The lowest BCUT2D eigenvalue weighted by atomic mass is 10.1. The molecule has 1 heterocycles. The van der Waals surface area contributed by atoms with Gasteiger partial charge in [-0.1, -0.05) is 24.3 Å². The number of β-amino-alcohol motifs (C(OH)–C–C–N with tert-alkyl or cyclic N) is 1. The third kappa shape index (κ3) is 5.92. The molecule has 6 heteroatoms. The molecule has 3 rings (SSSR count). The molecular weight excluding hydrogens is 359 g/mol. The first-order valence-electron chi connectivity index (χ1n) is 9.80. The number of hydrogen-bond acceptors (Lipinski definition) is 5. The highest BCUT2D eigenvalue weighted by Crippen LogP contribution is 2.28. The van der Waals surface area contributed by atoms with Crippen molar-refractivity contribution in [3.8, 4) is 11.5 Å². The highest BCUT2D eigenvalue weighted by molar-refractivity contribution is 5.43. The fourth-order valence-corrected chi connectivity index (χ4v) is 3.43. The maximum atomic E-state index is 13.7. The number of hydrogen-bond donors (Lipinski definition) is 2. The molecule has 0 radical (unpaired) electrons. The van der Waals surface area contributed by atoms with Gasteiger partial charge in [-0.2, -0.15) is 0 Å². The molecule has 0 aromatic heterocycles. The average molecular weight is 388 g/mol. The number of rotatable bonds is 10. The number of likely N-dealkylation sites (tertiary alicyclic amines) is 1. The standard InChI is InChI=1S/C22H29FN2O3/c1-27-22-12-17(13-24-14-18-6-2-3-7-20(18)23)8-9-21(22)28-16-19(26)15-25-10-4-5-11-25/h2-3,6-9,12,19,24,26H,4-5,10-11,13-16H2,1H3. The SMILES string of the molecule is COc1cc(CNCc2ccccc2F)ccc1OCC(O)CN1CCCC1. The second-order valence-corrected chi connectivity index (χ2v) is 7.15. The number of nitrogens with one attached hydrogen (secondary N) is 1. The van der Waals surface area contributed by atoms with Crippen LogP contribution in [0.4, 0.5) is 4.39 Å². The Balaban J connectivity index is 1.49. The third-order valence-corrected chi connectivity index (χ3v) is 4.93. The first kappa shape index (κ1) is 20.6. The van der Waals surface area contributed by atoms with E-state index in [2.05, 4.69) is 10.2 Å². The fraction of sp³-hybridized carbons (Fsp3) is 0.455. The highest BCUT2D eigenvalue weighted by Gasteiger charge is 2.17. The minimum atomic E-state index is -0.523. The summed E-state index contributed by atoms with van der Waals surface area (Å²) in [5, 5.41) is 13.4. The molecule has 1 aliphatic heterocycles. The van der Waals surface area contributed by atoms with Gasteiger partial charge >= 0.3 is 0 Å². The number of methoxy groups -OCH3 is 1. The Hall–Kier alpha value is -2.15. The molecule has 0 spiro atoms. The molecule has 2 aromatic rings. The number of ether oxygens (including phenoxy) is 2. The van der Waals surface area contributed by atoms with Crippen LogP contribution in [-0.2, 0) is 13.1 Å². The predicted octanol–water partition coefficient (Wildman–Crippen LogP) is 2.96. The van der Waals surface area contributed by atoms with Crippen LogP contribution in [0.15, 0.2) is 42.5 Å². The van der Waals surface area contributed by atoms with E-state index in [0.29, 0.717) is 36.7 Å². The smallest absolute Gasteiger partial charge is 0.161 e. The Labute approximate surface area is 166 Å². The second kappa shape index (κ2) is 10.4. The van der Waals surface area contributed by atoms with Gasteiger partial charge in [0.05, 0.1) is 7.11 Å². The van der Waals surface area contributed by atoms with Crippen molar-refractivity contribution in [3.05, 3.63) is 59.4 Å². The van der Waals surface area contributed by atoms with Gasteiger partial charge in [-0.3, -0.25) is 0 Å². The Morgan fingerprint density at radius 1 is 1.11 bits per heavy atom. The molecule has 2 aromatic carbocycles. The first-order chi connectivity index (χ1) is 13.7. The summed E-state index contributed by atoms with van der Waals surface area (Å²) in [5.74, 6) is 1.03. The Morgan fingerprint density at radius 3 is 2.64 bits per heavy atom. The Bertz CT molecular complexity index is 750. The molecule has 1 saturated heterocycles. The van der Waals surface area contributed by atoms with Crippen molar-refractivity contribution in [2.75, 3.05) is 33.4 Å². The molecule has 1 unspecified atom stereocenters. The average Bonchev–Trinajstić information content (AvgIpc) is 3.21. The van der Waals surface area contributed by atoms with Crippen molar-refractivity contribution in [2.45, 2.75) is 32.0 Å². The zero-order valence-electron chi connectivity index (χ0n) is 16.4. The maximum Gasteiger partial charge on any atom is 0.161 e. The molecule has 152 valence electrons. The van der Waals surface area contributed by atoms with Gasteiger partial charge in [0, 0.05) is 25.2 Å². The molecule has 28 heavy (non-hydrogen) atoms. The van der Waals surface area contributed by atoms with Crippen LogP contribution >= 0.6 is 0 Å². The molecule has 0 amide bonds. The zero-order chi connectivity index (χ0) is 19.8. The lowest BCUT2D eigenvalue weighted by Crippen LogP contribution is -2.33. The molecule has 1 fully saturated rings. The number of aliphatic hydroxyl groups excluding tert-OH is 1. The van der Waals surface area contributed by atoms with E-state index in [0.717, 1.165) is 18.7 Å². The van der Waals surface area contributed by atoms with Gasteiger partial charge in [-0.05, 0) is 49.7 Å². The van der Waals surface area contributed by atoms with Gasteiger partial charge in [0.1, 0.15) is 18.5 Å². The summed E-state index contributed by atoms with van der Waals surface area (Å²) in [6.07, 6.45) is 1.88. The van der Waals surface area contributed by atoms with Crippen molar-refractivity contribution >= 4 is 0 Å². The van der Waals surface area contributed by atoms with E-state index in [1.807, 2.05) is 24.3 Å². The summed E-state index contributed by atoms with van der Waals surface area (Å²) < 4.78 is 24.9. The molecule has 1 aliphatic rings. The van der Waals surface area contributed by atoms with Crippen molar-refractivity contribution in [1.82, 2.24) is 10.2 Å². The molecule has 2 N–H and O–H groups in total. The number of halogens is 1. The molecule has 5 nitrogen and oxygen atoms in total. The van der Waals surface area contributed by atoms with Gasteiger partial charge in [0.25, 0.3) is 0 Å². The number of nitrogens with zero attached hydrogens (tertiary/aromatic N) is 1. The summed E-state index contributed by atoms with van der Waals surface area (Å²) >= 11 is 0. The lowest BCUT2D eigenvalue weighted by molar-refractivity contribution is 0.0747. The molecule has 0 aliphatic carbocycles. The van der Waals surface area contributed by atoms with Crippen molar-refractivity contribution < 1.29 is 19.0 Å². The van der Waals surface area contributed by atoms with E-state index in [-0.39, 0.29) is 12.4 Å². The van der Waals surface area contributed by atoms with E-state index in [4.69, 9.17) is 9.47 Å². The first-order valence-corrected chi connectivity index (χ1v) is 9.80. The summed E-state index contributed by atoms with van der Waals surface area (Å²) in [6, 6.07) is 12.4. The molecule has 1 atom stereocenters. The van der Waals surface area contributed by atoms with E-state index in [9.17, 15) is 9.50 Å². The van der Waals surface area contributed by atoms with Crippen LogP contribution in [0.2, 0.25) is 0 Å². The lowest BCUT2D eigenvalue weighted by Gasteiger charge is -2.20. The van der Waals surface area contributed by atoms with Crippen LogP contribution < -0.4 is 14.8 Å². The van der Waals surface area contributed by atoms with E-state index >= 15 is 0 Å². The Kier molecular flexibility index (Phi) is 7.65. The van der Waals surface area contributed by atoms with Crippen LogP contribution in [0.3, 0.4) is 0 Å². The zero-order valence-corrected chi connectivity index (χ0v) is 16.4. The van der Waals surface area contributed by atoms with Crippen LogP contribution in [0.1, 0.15) is 24.0 Å². The topological polar surface area (TPSA) is 54.0 Å². The van der Waals surface area contributed by atoms with Crippen molar-refractivity contribution in [3.63, 3.8) is 0 Å². The van der Waals surface area contributed by atoms with Gasteiger partial charge in [0.2, 0.25) is 0 Å². The minimum Gasteiger partial charge on any atom is -0.493 e. The second-order valence-electron chi connectivity index (χ2n) is 7.15. The van der Waals surface area contributed by atoms with Gasteiger partial charge < -0.3 is 24.8 Å². The fourth-order valence-electron chi connectivity index (χ4n) is 3.43. The quantitative estimate of drug-likeness (QED) is 0.655. The van der Waals surface area contributed by atoms with Crippen LogP contribution in [-0.4, -0.2) is 49.5 Å². The summed E-state index contributed by atoms with van der Waals surface area (Å²) in [5.41, 5.74) is 1.65. The van der Waals surface area contributed by atoms with Gasteiger partial charge in [0.15, 0.2) is 11.5 Å². The monoisotopic (exact) mass is 388 g/mol. The largest absolute Gasteiger partial charge is 0.493 e. The van der Waals surface area contributed by atoms with Gasteiger partial charge in [-0.15, -0.1) is 0 Å². The summed E-state index contributed by atoms with van der Waals surface area (Å²) in [7, 11) is 1.60. The van der Waals surface area contributed by atoms with Crippen LogP contribution in [0.25, 0.3) is 0 Å². The highest BCUT2D eigenvalue weighted by atomic mass is 19.1. The van der Waals surface area contributed by atoms with Crippen LogP contribution in [0, 0.1) is 5.82 Å². The maximum absolute atomic E-state index is 13.7. The molecule has 0 saturated carbocycles. The number of benzene rings is 2.